The van der Waals surface area contributed by atoms with Crippen LogP contribution in [0, 0.1) is 0 Å². The number of benzene rings is 2. The molecule has 0 aromatic heterocycles. The molecule has 2 aromatic rings. The lowest BCUT2D eigenvalue weighted by atomic mass is 9.95. The quantitative estimate of drug-likeness (QED) is 0.874. The summed E-state index contributed by atoms with van der Waals surface area (Å²) in [7, 11) is 0. The van der Waals surface area contributed by atoms with Crippen molar-refractivity contribution in [2.24, 2.45) is 0 Å². The fraction of sp³-hybridized carbons (Fsp3) is 0.250. The number of aryl methyl sites for hydroxylation is 1. The molecular weight excluding hydrogens is 350 g/mol. The third-order valence-corrected chi connectivity index (χ3v) is 5.27. The molecular formula is C20H19NO4S. The van der Waals surface area contributed by atoms with Gasteiger partial charge in [-0.05, 0) is 24.5 Å². The fourth-order valence-electron chi connectivity index (χ4n) is 3.10. The summed E-state index contributed by atoms with van der Waals surface area (Å²) in [6, 6.07) is 15.4. The van der Waals surface area contributed by atoms with Crippen molar-refractivity contribution in [3.63, 3.8) is 0 Å². The molecule has 1 amide bonds. The van der Waals surface area contributed by atoms with Gasteiger partial charge in [-0.15, -0.1) is 0 Å². The molecule has 0 radical (unpaired) electrons. The van der Waals surface area contributed by atoms with Gasteiger partial charge in [0.25, 0.3) is 0 Å². The molecule has 26 heavy (non-hydrogen) atoms. The Balaban J connectivity index is 1.67. The van der Waals surface area contributed by atoms with Crippen LogP contribution >= 0.6 is 11.8 Å². The van der Waals surface area contributed by atoms with E-state index in [1.165, 1.54) is 4.90 Å². The highest BCUT2D eigenvalue weighted by Crippen LogP contribution is 2.31. The Morgan fingerprint density at radius 2 is 1.73 bits per heavy atom. The van der Waals surface area contributed by atoms with Crippen LogP contribution < -0.4 is 4.90 Å². The van der Waals surface area contributed by atoms with Crippen LogP contribution in [0.25, 0.3) is 0 Å². The average molecular weight is 369 g/mol. The van der Waals surface area contributed by atoms with Crippen molar-refractivity contribution >= 4 is 34.4 Å². The van der Waals surface area contributed by atoms with Crippen LogP contribution in [0.2, 0.25) is 0 Å². The molecule has 134 valence electrons. The molecule has 3 rings (SSSR count). The summed E-state index contributed by atoms with van der Waals surface area (Å²) in [6.45, 7) is 0. The number of rotatable bonds is 5. The highest BCUT2D eigenvalue weighted by molar-refractivity contribution is 8.14. The van der Waals surface area contributed by atoms with E-state index in [2.05, 4.69) is 0 Å². The Bertz CT molecular complexity index is 822. The number of fused-ring (bicyclic) bond motifs is 1. The first kappa shape index (κ1) is 18.2. The minimum absolute atomic E-state index is 0.0905. The Morgan fingerprint density at radius 3 is 2.46 bits per heavy atom. The summed E-state index contributed by atoms with van der Waals surface area (Å²) in [4.78, 5) is 37.8. The van der Waals surface area contributed by atoms with Gasteiger partial charge in [0.2, 0.25) is 11.0 Å². The van der Waals surface area contributed by atoms with Gasteiger partial charge in [0.1, 0.15) is 6.04 Å². The predicted molar refractivity (Wildman–Crippen MR) is 102 cm³/mol. The maximum absolute atomic E-state index is 12.7. The highest BCUT2D eigenvalue weighted by atomic mass is 32.2. The Morgan fingerprint density at radius 1 is 1.04 bits per heavy atom. The third-order valence-electron chi connectivity index (χ3n) is 4.36. The van der Waals surface area contributed by atoms with Gasteiger partial charge < -0.3 is 5.11 Å². The molecule has 6 heteroatoms. The van der Waals surface area contributed by atoms with Crippen LogP contribution in [0.5, 0.6) is 0 Å². The summed E-state index contributed by atoms with van der Waals surface area (Å²) in [5.41, 5.74) is 2.23. The molecule has 1 aliphatic heterocycles. The van der Waals surface area contributed by atoms with Gasteiger partial charge >= 0.3 is 5.97 Å². The number of carboxylic acid groups (broad SMARTS) is 1. The van der Waals surface area contributed by atoms with Crippen molar-refractivity contribution in [3.8, 4) is 0 Å². The van der Waals surface area contributed by atoms with E-state index in [0.29, 0.717) is 29.8 Å². The normalized spacial score (nSPS) is 16.0. The fourth-order valence-corrected chi connectivity index (χ4v) is 3.86. The summed E-state index contributed by atoms with van der Waals surface area (Å²) in [5, 5.41) is 9.40. The van der Waals surface area contributed by atoms with Gasteiger partial charge in [-0.3, -0.25) is 14.5 Å². The first-order valence-electron chi connectivity index (χ1n) is 8.43. The number of thioether (sulfide) groups is 1. The molecule has 1 heterocycles. The molecule has 1 N–H and O–H groups in total. The van der Waals surface area contributed by atoms with Crippen molar-refractivity contribution < 1.29 is 19.5 Å². The van der Waals surface area contributed by atoms with E-state index in [-0.39, 0.29) is 17.4 Å². The number of carboxylic acids is 1. The maximum Gasteiger partial charge on any atom is 0.326 e. The summed E-state index contributed by atoms with van der Waals surface area (Å²) in [5.74, 6) is -0.948. The van der Waals surface area contributed by atoms with Crippen molar-refractivity contribution in [2.45, 2.75) is 25.3 Å². The maximum atomic E-state index is 12.7. The van der Waals surface area contributed by atoms with Crippen molar-refractivity contribution in [2.75, 3.05) is 10.7 Å². The van der Waals surface area contributed by atoms with E-state index in [0.717, 1.165) is 17.3 Å². The van der Waals surface area contributed by atoms with E-state index in [1.807, 2.05) is 18.2 Å². The minimum Gasteiger partial charge on any atom is -0.480 e. The van der Waals surface area contributed by atoms with Crippen LogP contribution in [0.4, 0.5) is 5.69 Å². The second-order valence-electron chi connectivity index (χ2n) is 6.04. The standard InChI is InChI=1S/C20H19NO4S/c22-18(12-13-26-20(25)15-7-2-1-3-8-15)21-16-9-5-4-6-14(16)10-11-17(21)19(23)24/h1-9,17H,10-13H2,(H,23,24). The lowest BCUT2D eigenvalue weighted by molar-refractivity contribution is -0.140. The second kappa shape index (κ2) is 8.19. The van der Waals surface area contributed by atoms with Gasteiger partial charge in [-0.2, -0.15) is 0 Å². The first-order chi connectivity index (χ1) is 12.6. The van der Waals surface area contributed by atoms with E-state index in [1.54, 1.807) is 36.4 Å². The SMILES string of the molecule is O=C(SCCC(=O)N1c2ccccc2CCC1C(=O)O)c1ccccc1. The first-order valence-corrected chi connectivity index (χ1v) is 9.41. The Labute approximate surface area is 156 Å². The van der Waals surface area contributed by atoms with Crippen LogP contribution in [0.3, 0.4) is 0 Å². The second-order valence-corrected chi connectivity index (χ2v) is 7.10. The number of aliphatic carboxylic acids is 1. The number of hydrogen-bond donors (Lipinski definition) is 1. The largest absolute Gasteiger partial charge is 0.480 e. The minimum atomic E-state index is -0.999. The molecule has 0 saturated heterocycles. The lowest BCUT2D eigenvalue weighted by Crippen LogP contribution is -2.48. The van der Waals surface area contributed by atoms with Gasteiger partial charge in [0.15, 0.2) is 0 Å². The Hall–Kier alpha value is -2.60. The molecule has 5 nitrogen and oxygen atoms in total. The van der Waals surface area contributed by atoms with E-state index in [4.69, 9.17) is 0 Å². The number of para-hydroxylation sites is 1. The van der Waals surface area contributed by atoms with E-state index in [9.17, 15) is 19.5 Å². The zero-order chi connectivity index (χ0) is 18.5. The third kappa shape index (κ3) is 3.96. The van der Waals surface area contributed by atoms with Gasteiger partial charge in [0.05, 0.1) is 0 Å². The molecule has 0 bridgehead atoms. The summed E-state index contributed by atoms with van der Waals surface area (Å²) < 4.78 is 0. The van der Waals surface area contributed by atoms with Crippen molar-refractivity contribution in [3.05, 3.63) is 65.7 Å². The van der Waals surface area contributed by atoms with Crippen molar-refractivity contribution in [1.29, 1.82) is 0 Å². The molecule has 0 saturated carbocycles. The molecule has 0 spiro atoms. The van der Waals surface area contributed by atoms with Crippen molar-refractivity contribution in [1.82, 2.24) is 0 Å². The van der Waals surface area contributed by atoms with Gasteiger partial charge in [-0.25, -0.2) is 4.79 Å². The number of anilines is 1. The van der Waals surface area contributed by atoms with Crippen LogP contribution in [0.1, 0.15) is 28.8 Å². The number of nitrogens with zero attached hydrogens (tertiary/aromatic N) is 1. The Kier molecular flexibility index (Phi) is 5.73. The smallest absolute Gasteiger partial charge is 0.326 e. The van der Waals surface area contributed by atoms with Gasteiger partial charge in [-0.1, -0.05) is 60.3 Å². The van der Waals surface area contributed by atoms with Gasteiger partial charge in [0, 0.05) is 23.4 Å². The van der Waals surface area contributed by atoms with Crippen LogP contribution in [0.15, 0.2) is 54.6 Å². The van der Waals surface area contributed by atoms with Crippen LogP contribution in [-0.2, 0) is 16.0 Å². The molecule has 1 atom stereocenters. The monoisotopic (exact) mass is 369 g/mol. The van der Waals surface area contributed by atoms with E-state index < -0.39 is 12.0 Å². The average Bonchev–Trinajstić information content (AvgIpc) is 2.67. The molecule has 0 aliphatic carbocycles. The lowest BCUT2D eigenvalue weighted by Gasteiger charge is -2.34. The number of carbonyl (C=O) groups is 3. The molecule has 2 aromatic carbocycles. The zero-order valence-corrected chi connectivity index (χ0v) is 14.9. The molecule has 1 aliphatic rings. The van der Waals surface area contributed by atoms with E-state index >= 15 is 0 Å². The predicted octanol–water partition coefficient (Wildman–Crippen LogP) is 3.38. The summed E-state index contributed by atoms with van der Waals surface area (Å²) >= 11 is 1.08. The van der Waals surface area contributed by atoms with Crippen LogP contribution in [-0.4, -0.2) is 33.9 Å². The highest BCUT2D eigenvalue weighted by Gasteiger charge is 2.35. The number of carbonyl (C=O) groups excluding carboxylic acids is 2. The number of hydrogen-bond acceptors (Lipinski definition) is 4. The zero-order valence-electron chi connectivity index (χ0n) is 14.1. The molecule has 1 unspecified atom stereocenters. The topological polar surface area (TPSA) is 74.7 Å². The number of amides is 1. The summed E-state index contributed by atoms with van der Waals surface area (Å²) in [6.07, 6.45) is 1.15. The molecule has 0 fully saturated rings.